The minimum Gasteiger partial charge on any atom is -0.379 e. The van der Waals surface area contributed by atoms with Gasteiger partial charge >= 0.3 is 0 Å². The summed E-state index contributed by atoms with van der Waals surface area (Å²) in [6, 6.07) is 5.83. The van der Waals surface area contributed by atoms with Gasteiger partial charge in [0.1, 0.15) is 0 Å². The fraction of sp³-hybridized carbons (Fsp3) is 0.312. The van der Waals surface area contributed by atoms with Crippen molar-refractivity contribution in [2.75, 3.05) is 23.3 Å². The van der Waals surface area contributed by atoms with Gasteiger partial charge in [-0.15, -0.1) is 0 Å². The largest absolute Gasteiger partial charge is 0.379 e. The first-order valence-electron chi connectivity index (χ1n) is 7.52. The quantitative estimate of drug-likeness (QED) is 0.671. The third-order valence-electron chi connectivity index (χ3n) is 4.06. The fourth-order valence-corrected chi connectivity index (χ4v) is 3.21. The molecule has 1 unspecified atom stereocenters. The van der Waals surface area contributed by atoms with E-state index in [1.807, 2.05) is 4.90 Å². The molecule has 2 heterocycles. The number of halogens is 2. The van der Waals surface area contributed by atoms with E-state index in [0.29, 0.717) is 35.2 Å². The SMILES string of the molecule is Cc1cc([N+](=O)[O-])cc(Cl)c1NC1CCN(c2ncccc2F)C1. The van der Waals surface area contributed by atoms with Crippen LogP contribution in [-0.2, 0) is 0 Å². The smallest absolute Gasteiger partial charge is 0.271 e. The monoisotopic (exact) mass is 350 g/mol. The molecule has 0 saturated carbocycles. The maximum Gasteiger partial charge on any atom is 0.271 e. The first-order chi connectivity index (χ1) is 11.5. The van der Waals surface area contributed by atoms with E-state index in [4.69, 9.17) is 11.6 Å². The first kappa shape index (κ1) is 16.4. The highest BCUT2D eigenvalue weighted by Crippen LogP contribution is 2.32. The van der Waals surface area contributed by atoms with Crippen molar-refractivity contribution in [3.05, 3.63) is 57.0 Å². The number of nitro groups is 1. The molecule has 1 N–H and O–H groups in total. The standard InChI is InChI=1S/C16H16ClFN4O2/c1-10-7-12(22(23)24)8-13(17)15(10)20-11-4-6-21(9-11)16-14(18)3-2-5-19-16/h2-3,5,7-8,11,20H,4,6,9H2,1H3. The van der Waals surface area contributed by atoms with Crippen LogP contribution < -0.4 is 10.2 Å². The number of rotatable bonds is 4. The van der Waals surface area contributed by atoms with E-state index in [1.54, 1.807) is 19.2 Å². The lowest BCUT2D eigenvalue weighted by molar-refractivity contribution is -0.384. The second kappa shape index (κ2) is 6.60. The Morgan fingerprint density at radius 1 is 1.50 bits per heavy atom. The summed E-state index contributed by atoms with van der Waals surface area (Å²) in [6.45, 7) is 3.03. The molecule has 1 aromatic heterocycles. The molecule has 3 rings (SSSR count). The summed E-state index contributed by atoms with van der Waals surface area (Å²) < 4.78 is 13.8. The predicted molar refractivity (Wildman–Crippen MR) is 91.3 cm³/mol. The second-order valence-electron chi connectivity index (χ2n) is 5.76. The van der Waals surface area contributed by atoms with Gasteiger partial charge in [-0.25, -0.2) is 9.37 Å². The van der Waals surface area contributed by atoms with Crippen molar-refractivity contribution < 1.29 is 9.31 Å². The van der Waals surface area contributed by atoms with Crippen LogP contribution in [0.15, 0.2) is 30.5 Å². The van der Waals surface area contributed by atoms with Gasteiger partial charge in [-0.2, -0.15) is 0 Å². The fourth-order valence-electron chi connectivity index (χ4n) is 2.90. The first-order valence-corrected chi connectivity index (χ1v) is 7.90. The number of pyridine rings is 1. The molecule has 8 heteroatoms. The Morgan fingerprint density at radius 3 is 2.96 bits per heavy atom. The van der Waals surface area contributed by atoms with Gasteiger partial charge in [0.25, 0.3) is 5.69 Å². The molecule has 0 aliphatic carbocycles. The summed E-state index contributed by atoms with van der Waals surface area (Å²) in [5.41, 5.74) is 1.35. The van der Waals surface area contributed by atoms with E-state index >= 15 is 0 Å². The van der Waals surface area contributed by atoms with Crippen LogP contribution in [0.2, 0.25) is 5.02 Å². The minimum absolute atomic E-state index is 0.0355. The minimum atomic E-state index is -0.468. The number of benzene rings is 1. The Bertz CT molecular complexity index is 763. The topological polar surface area (TPSA) is 71.3 Å². The number of nitrogens with zero attached hydrogens (tertiary/aromatic N) is 3. The highest BCUT2D eigenvalue weighted by atomic mass is 35.5. The van der Waals surface area contributed by atoms with Crippen molar-refractivity contribution in [1.82, 2.24) is 4.98 Å². The van der Waals surface area contributed by atoms with Crippen LogP contribution in [0.4, 0.5) is 21.6 Å². The lowest BCUT2D eigenvalue weighted by atomic mass is 10.1. The number of hydrogen-bond acceptors (Lipinski definition) is 5. The number of aryl methyl sites for hydroxylation is 1. The van der Waals surface area contributed by atoms with Crippen molar-refractivity contribution >= 4 is 28.8 Å². The molecule has 1 aromatic carbocycles. The highest BCUT2D eigenvalue weighted by molar-refractivity contribution is 6.33. The van der Waals surface area contributed by atoms with Crippen molar-refractivity contribution in [1.29, 1.82) is 0 Å². The Balaban J connectivity index is 1.74. The van der Waals surface area contributed by atoms with E-state index in [9.17, 15) is 14.5 Å². The summed E-state index contributed by atoms with van der Waals surface area (Å²) in [6.07, 6.45) is 2.36. The van der Waals surface area contributed by atoms with Crippen molar-refractivity contribution in [3.63, 3.8) is 0 Å². The number of aromatic nitrogens is 1. The van der Waals surface area contributed by atoms with E-state index in [0.717, 1.165) is 6.42 Å². The Hall–Kier alpha value is -2.41. The van der Waals surface area contributed by atoms with Gasteiger partial charge in [-0.3, -0.25) is 10.1 Å². The molecule has 0 radical (unpaired) electrons. The second-order valence-corrected chi connectivity index (χ2v) is 6.17. The Kier molecular flexibility index (Phi) is 4.53. The number of non-ortho nitro benzene ring substituents is 1. The van der Waals surface area contributed by atoms with Crippen LogP contribution >= 0.6 is 11.6 Å². The summed E-state index contributed by atoms with van der Waals surface area (Å²) in [7, 11) is 0. The van der Waals surface area contributed by atoms with Crippen LogP contribution in [0.1, 0.15) is 12.0 Å². The van der Waals surface area contributed by atoms with Crippen molar-refractivity contribution in [2.24, 2.45) is 0 Å². The molecule has 6 nitrogen and oxygen atoms in total. The highest BCUT2D eigenvalue weighted by Gasteiger charge is 2.26. The number of nitro benzene ring substituents is 1. The van der Waals surface area contributed by atoms with Crippen molar-refractivity contribution in [3.8, 4) is 0 Å². The third kappa shape index (κ3) is 3.26. The molecule has 1 atom stereocenters. The summed E-state index contributed by atoms with van der Waals surface area (Å²) in [5.74, 6) is -0.00369. The molecular weight excluding hydrogens is 335 g/mol. The zero-order valence-electron chi connectivity index (χ0n) is 13.0. The third-order valence-corrected chi connectivity index (χ3v) is 4.36. The summed E-state index contributed by atoms with van der Waals surface area (Å²) in [5, 5.41) is 14.5. The van der Waals surface area contributed by atoms with Crippen molar-refractivity contribution in [2.45, 2.75) is 19.4 Å². The molecule has 2 aromatic rings. The molecule has 1 saturated heterocycles. The summed E-state index contributed by atoms with van der Waals surface area (Å²) in [4.78, 5) is 16.4. The van der Waals surface area contributed by atoms with Gasteiger partial charge in [0.2, 0.25) is 0 Å². The van der Waals surface area contributed by atoms with Crippen LogP contribution in [0.3, 0.4) is 0 Å². The average molecular weight is 351 g/mol. The number of nitrogens with one attached hydrogen (secondary N) is 1. The molecule has 0 bridgehead atoms. The Morgan fingerprint density at radius 2 is 2.29 bits per heavy atom. The molecule has 0 amide bonds. The predicted octanol–water partition coefficient (Wildman–Crippen LogP) is 3.78. The van der Waals surface area contributed by atoms with E-state index in [1.165, 1.54) is 18.2 Å². The molecule has 1 aliphatic heterocycles. The van der Waals surface area contributed by atoms with Gasteiger partial charge in [0.05, 0.1) is 15.6 Å². The zero-order valence-corrected chi connectivity index (χ0v) is 13.8. The molecule has 1 fully saturated rings. The molecular formula is C16H16ClFN4O2. The molecule has 0 spiro atoms. The maximum atomic E-state index is 13.8. The van der Waals surface area contributed by atoms with Crippen LogP contribution in [0.25, 0.3) is 0 Å². The van der Waals surface area contributed by atoms with Gasteiger partial charge in [-0.05, 0) is 31.0 Å². The summed E-state index contributed by atoms with van der Waals surface area (Å²) >= 11 is 6.18. The normalized spacial score (nSPS) is 17.1. The Labute approximate surface area is 143 Å². The molecule has 126 valence electrons. The number of hydrogen-bond donors (Lipinski definition) is 1. The van der Waals surface area contributed by atoms with Gasteiger partial charge in [0.15, 0.2) is 11.6 Å². The average Bonchev–Trinajstić information content (AvgIpc) is 2.99. The van der Waals surface area contributed by atoms with Crippen LogP contribution in [0, 0.1) is 22.9 Å². The zero-order chi connectivity index (χ0) is 17.3. The van der Waals surface area contributed by atoms with Gasteiger partial charge in [-0.1, -0.05) is 11.6 Å². The van der Waals surface area contributed by atoms with E-state index in [2.05, 4.69) is 10.3 Å². The van der Waals surface area contributed by atoms with Crippen LogP contribution in [0.5, 0.6) is 0 Å². The van der Waals surface area contributed by atoms with E-state index < -0.39 is 4.92 Å². The molecule has 24 heavy (non-hydrogen) atoms. The van der Waals surface area contributed by atoms with Gasteiger partial charge in [0, 0.05) is 37.5 Å². The van der Waals surface area contributed by atoms with Gasteiger partial charge < -0.3 is 10.2 Å². The van der Waals surface area contributed by atoms with Crippen LogP contribution in [-0.4, -0.2) is 29.0 Å². The lowest BCUT2D eigenvalue weighted by Gasteiger charge is -2.20. The van der Waals surface area contributed by atoms with E-state index in [-0.39, 0.29) is 17.5 Å². The lowest BCUT2D eigenvalue weighted by Crippen LogP contribution is -2.27. The number of anilines is 2. The maximum absolute atomic E-state index is 13.8. The molecule has 1 aliphatic rings.